The van der Waals surface area contributed by atoms with E-state index >= 15 is 0 Å². The van der Waals surface area contributed by atoms with Crippen molar-refractivity contribution < 1.29 is 48.9 Å². The molecule has 2 aliphatic rings. The van der Waals surface area contributed by atoms with Gasteiger partial charge in [0.2, 0.25) is 11.8 Å². The van der Waals surface area contributed by atoms with E-state index in [0.717, 1.165) is 0 Å². The number of carbonyl (C=O) groups is 4. The molecule has 0 spiro atoms. The van der Waals surface area contributed by atoms with Gasteiger partial charge in [-0.15, -0.1) is 0 Å². The molecule has 2 unspecified atom stereocenters. The number of amides is 2. The van der Waals surface area contributed by atoms with Crippen molar-refractivity contribution >= 4 is 23.8 Å². The smallest absolute Gasteiger partial charge is 0.326 e. The zero-order chi connectivity index (χ0) is 13.7. The molecule has 0 saturated carbocycles. The maximum absolute atomic E-state index is 10.4. The molecule has 0 aliphatic carbocycles. The third-order valence-corrected chi connectivity index (χ3v) is 2.59. The van der Waals surface area contributed by atoms with Crippen LogP contribution in [-0.2, 0) is 38.7 Å². The summed E-state index contributed by atoms with van der Waals surface area (Å²) < 4.78 is 0. The van der Waals surface area contributed by atoms with E-state index in [1.807, 2.05) is 0 Å². The first kappa shape index (κ1) is 17.5. The van der Waals surface area contributed by atoms with E-state index in [1.54, 1.807) is 0 Å². The molecular formula is C10H14N2O6Zn. The van der Waals surface area contributed by atoms with E-state index in [2.05, 4.69) is 10.6 Å². The molecule has 2 fully saturated rings. The van der Waals surface area contributed by atoms with Crippen molar-refractivity contribution in [2.24, 2.45) is 0 Å². The number of hydrogen-bond donors (Lipinski definition) is 4. The molecule has 0 radical (unpaired) electrons. The fourth-order valence-electron chi connectivity index (χ4n) is 1.60. The summed E-state index contributed by atoms with van der Waals surface area (Å²) in [6, 6.07) is -1.28. The quantitative estimate of drug-likeness (QED) is 0.467. The summed E-state index contributed by atoms with van der Waals surface area (Å²) in [4.78, 5) is 41.0. The molecule has 9 heteroatoms. The number of nitrogens with one attached hydrogen (secondary N) is 2. The van der Waals surface area contributed by atoms with Gasteiger partial charge in [-0.3, -0.25) is 9.59 Å². The molecule has 0 aromatic carbocycles. The third kappa shape index (κ3) is 5.78. The fraction of sp³-hybridized carbons (Fsp3) is 0.600. The Labute approximate surface area is 121 Å². The van der Waals surface area contributed by atoms with Crippen LogP contribution in [0.1, 0.15) is 25.7 Å². The maximum atomic E-state index is 10.4. The van der Waals surface area contributed by atoms with Crippen LogP contribution in [0.5, 0.6) is 0 Å². The average Bonchev–Trinajstić information content (AvgIpc) is 2.88. The molecule has 0 aromatic heterocycles. The summed E-state index contributed by atoms with van der Waals surface area (Å²) in [5, 5.41) is 21.3. The molecule has 8 nitrogen and oxygen atoms in total. The van der Waals surface area contributed by atoms with Crippen LogP contribution in [0.3, 0.4) is 0 Å². The molecule has 102 valence electrons. The van der Waals surface area contributed by atoms with Crippen molar-refractivity contribution in [1.82, 2.24) is 10.6 Å². The average molecular weight is 324 g/mol. The molecule has 2 aliphatic heterocycles. The summed E-state index contributed by atoms with van der Waals surface area (Å²) in [6.07, 6.45) is 1.54. The number of rotatable bonds is 2. The van der Waals surface area contributed by atoms with Gasteiger partial charge in [0.05, 0.1) is 0 Å². The number of carboxylic acid groups (broad SMARTS) is 2. The van der Waals surface area contributed by atoms with E-state index in [-0.39, 0.29) is 31.3 Å². The summed E-state index contributed by atoms with van der Waals surface area (Å²) >= 11 is 0. The standard InChI is InChI=1S/2C5H7NO3.Zn/c2*7-4-2-1-3(6-4)5(8)9;/h2*3H,1-2H2,(H,6,7)(H,8,9);. The molecule has 0 aromatic rings. The maximum Gasteiger partial charge on any atom is 0.326 e. The fourth-order valence-corrected chi connectivity index (χ4v) is 1.60. The number of aliphatic carboxylic acids is 2. The second kappa shape index (κ2) is 7.83. The first-order valence-corrected chi connectivity index (χ1v) is 5.44. The van der Waals surface area contributed by atoms with Gasteiger partial charge in [-0.25, -0.2) is 9.59 Å². The molecule has 2 amide bonds. The van der Waals surface area contributed by atoms with Crippen LogP contribution in [0, 0.1) is 0 Å². The van der Waals surface area contributed by atoms with Gasteiger partial charge >= 0.3 is 11.9 Å². The van der Waals surface area contributed by atoms with Gasteiger partial charge < -0.3 is 20.8 Å². The van der Waals surface area contributed by atoms with E-state index in [1.165, 1.54) is 0 Å². The Balaban J connectivity index is 0.000000324. The van der Waals surface area contributed by atoms with Crippen molar-refractivity contribution in [2.75, 3.05) is 0 Å². The minimum atomic E-state index is -0.944. The molecule has 4 N–H and O–H groups in total. The van der Waals surface area contributed by atoms with E-state index < -0.39 is 24.0 Å². The Morgan fingerprint density at radius 2 is 1.21 bits per heavy atom. The van der Waals surface area contributed by atoms with Gasteiger partial charge in [-0.2, -0.15) is 0 Å². The minimum absolute atomic E-state index is 0. The van der Waals surface area contributed by atoms with Crippen molar-refractivity contribution in [3.05, 3.63) is 0 Å². The predicted octanol–water partition coefficient (Wildman–Crippen LogP) is -1.30. The van der Waals surface area contributed by atoms with Crippen LogP contribution < -0.4 is 10.6 Å². The normalized spacial score (nSPS) is 24.4. The molecule has 2 heterocycles. The van der Waals surface area contributed by atoms with Crippen molar-refractivity contribution in [3.8, 4) is 0 Å². The predicted molar refractivity (Wildman–Crippen MR) is 57.6 cm³/mol. The first-order chi connectivity index (χ1) is 8.40. The number of carboxylic acids is 2. The molecule has 2 rings (SSSR count). The molecule has 2 atom stereocenters. The number of carbonyl (C=O) groups excluding carboxylic acids is 2. The van der Waals surface area contributed by atoms with E-state index in [9.17, 15) is 19.2 Å². The number of hydrogen-bond acceptors (Lipinski definition) is 4. The third-order valence-electron chi connectivity index (χ3n) is 2.59. The monoisotopic (exact) mass is 322 g/mol. The zero-order valence-corrected chi connectivity index (χ0v) is 13.2. The van der Waals surface area contributed by atoms with Gasteiger partial charge in [0, 0.05) is 32.3 Å². The molecular weight excluding hydrogens is 310 g/mol. The first-order valence-electron chi connectivity index (χ1n) is 5.44. The largest absolute Gasteiger partial charge is 0.480 e. The van der Waals surface area contributed by atoms with Crippen LogP contribution in [-0.4, -0.2) is 46.0 Å². The van der Waals surface area contributed by atoms with Crippen LogP contribution in [0.25, 0.3) is 0 Å². The minimum Gasteiger partial charge on any atom is -0.480 e. The Bertz CT molecular complexity index is 350. The van der Waals surface area contributed by atoms with Crippen LogP contribution in [0.4, 0.5) is 0 Å². The van der Waals surface area contributed by atoms with Gasteiger partial charge in [0.25, 0.3) is 0 Å². The second-order valence-electron chi connectivity index (χ2n) is 3.99. The van der Waals surface area contributed by atoms with Crippen molar-refractivity contribution in [1.29, 1.82) is 0 Å². The van der Waals surface area contributed by atoms with Gasteiger partial charge in [0.15, 0.2) is 0 Å². The van der Waals surface area contributed by atoms with Gasteiger partial charge in [0.1, 0.15) is 12.1 Å². The summed E-state index contributed by atoms with van der Waals surface area (Å²) in [5.74, 6) is -2.22. The molecule has 0 bridgehead atoms. The summed E-state index contributed by atoms with van der Waals surface area (Å²) in [5.41, 5.74) is 0. The van der Waals surface area contributed by atoms with Crippen LogP contribution in [0.2, 0.25) is 0 Å². The Hall–Kier alpha value is -1.50. The summed E-state index contributed by atoms with van der Waals surface area (Å²) in [7, 11) is 0. The van der Waals surface area contributed by atoms with Crippen LogP contribution >= 0.6 is 0 Å². The molecule has 19 heavy (non-hydrogen) atoms. The zero-order valence-electron chi connectivity index (χ0n) is 10.2. The van der Waals surface area contributed by atoms with E-state index in [0.29, 0.717) is 25.7 Å². The summed E-state index contributed by atoms with van der Waals surface area (Å²) in [6.45, 7) is 0. The molecule has 2 saturated heterocycles. The van der Waals surface area contributed by atoms with Crippen molar-refractivity contribution in [3.63, 3.8) is 0 Å². The van der Waals surface area contributed by atoms with Crippen LogP contribution in [0.15, 0.2) is 0 Å². The Morgan fingerprint density at radius 3 is 1.32 bits per heavy atom. The van der Waals surface area contributed by atoms with Gasteiger partial charge in [-0.05, 0) is 12.8 Å². The Kier molecular flexibility index (Phi) is 7.22. The van der Waals surface area contributed by atoms with Gasteiger partial charge in [-0.1, -0.05) is 0 Å². The second-order valence-corrected chi connectivity index (χ2v) is 3.99. The topological polar surface area (TPSA) is 133 Å². The SMILES string of the molecule is O=C1CCC(C(=O)O)N1.O=C1CCC(C(=O)O)N1.[Zn]. The van der Waals surface area contributed by atoms with Crippen molar-refractivity contribution in [2.45, 2.75) is 37.8 Å². The Morgan fingerprint density at radius 1 is 0.895 bits per heavy atom. The van der Waals surface area contributed by atoms with E-state index in [4.69, 9.17) is 10.2 Å².